The molecule has 0 aliphatic carbocycles. The average molecular weight is 259 g/mol. The number of rotatable bonds is 4. The first kappa shape index (κ1) is 13.2. The third kappa shape index (κ3) is 2.96. The highest BCUT2D eigenvalue weighted by molar-refractivity contribution is 5.94. The third-order valence-corrected chi connectivity index (χ3v) is 2.98. The lowest BCUT2D eigenvalue weighted by Crippen LogP contribution is -2.26. The van der Waals surface area contributed by atoms with E-state index in [1.54, 1.807) is 13.2 Å². The van der Waals surface area contributed by atoms with Crippen LogP contribution >= 0.6 is 0 Å². The SMILES string of the molecule is COc1ccc(C)cc1[C@@H](C)NC(=O)c1ccoc1. The summed E-state index contributed by atoms with van der Waals surface area (Å²) < 4.78 is 10.2. The van der Waals surface area contributed by atoms with Gasteiger partial charge >= 0.3 is 0 Å². The van der Waals surface area contributed by atoms with E-state index in [1.165, 1.54) is 12.5 Å². The first-order chi connectivity index (χ1) is 9.11. The number of amides is 1. The molecule has 1 heterocycles. The van der Waals surface area contributed by atoms with Gasteiger partial charge < -0.3 is 14.5 Å². The predicted octanol–water partition coefficient (Wildman–Crippen LogP) is 3.09. The van der Waals surface area contributed by atoms with Crippen LogP contribution in [0.4, 0.5) is 0 Å². The highest BCUT2D eigenvalue weighted by Crippen LogP contribution is 2.26. The molecule has 1 N–H and O–H groups in total. The van der Waals surface area contributed by atoms with E-state index in [0.717, 1.165) is 16.9 Å². The number of furan rings is 1. The Bertz CT molecular complexity index is 561. The first-order valence-corrected chi connectivity index (χ1v) is 6.09. The maximum atomic E-state index is 12.0. The second-order valence-electron chi connectivity index (χ2n) is 4.45. The number of aryl methyl sites for hydroxylation is 1. The average Bonchev–Trinajstić information content (AvgIpc) is 2.92. The molecule has 0 unspecified atom stereocenters. The summed E-state index contributed by atoms with van der Waals surface area (Å²) >= 11 is 0. The van der Waals surface area contributed by atoms with Crippen molar-refractivity contribution in [1.82, 2.24) is 5.32 Å². The molecule has 0 aliphatic rings. The molecule has 0 fully saturated rings. The Labute approximate surface area is 112 Å². The fraction of sp³-hybridized carbons (Fsp3) is 0.267. The van der Waals surface area contributed by atoms with E-state index >= 15 is 0 Å². The lowest BCUT2D eigenvalue weighted by Gasteiger charge is -2.17. The summed E-state index contributed by atoms with van der Waals surface area (Å²) in [5, 5.41) is 2.92. The van der Waals surface area contributed by atoms with Gasteiger partial charge in [0.2, 0.25) is 0 Å². The van der Waals surface area contributed by atoms with Crippen LogP contribution in [-0.2, 0) is 0 Å². The molecule has 1 aromatic heterocycles. The molecule has 0 bridgehead atoms. The summed E-state index contributed by atoms with van der Waals surface area (Å²) in [5.74, 6) is 0.607. The van der Waals surface area contributed by atoms with Crippen LogP contribution in [0, 0.1) is 6.92 Å². The van der Waals surface area contributed by atoms with E-state index < -0.39 is 0 Å². The number of ether oxygens (including phenoxy) is 1. The summed E-state index contributed by atoms with van der Waals surface area (Å²) in [6.07, 6.45) is 2.91. The normalized spacial score (nSPS) is 11.9. The zero-order valence-electron chi connectivity index (χ0n) is 11.3. The van der Waals surface area contributed by atoms with Crippen LogP contribution in [0.5, 0.6) is 5.75 Å². The van der Waals surface area contributed by atoms with Crippen LogP contribution in [0.2, 0.25) is 0 Å². The number of nitrogens with one attached hydrogen (secondary N) is 1. The largest absolute Gasteiger partial charge is 0.496 e. The Balaban J connectivity index is 2.18. The molecule has 0 radical (unpaired) electrons. The van der Waals surface area contributed by atoms with Crippen molar-refractivity contribution in [3.05, 3.63) is 53.5 Å². The van der Waals surface area contributed by atoms with Crippen LogP contribution in [0.25, 0.3) is 0 Å². The quantitative estimate of drug-likeness (QED) is 0.918. The molecule has 2 aromatic rings. The van der Waals surface area contributed by atoms with Crippen LogP contribution < -0.4 is 10.1 Å². The second kappa shape index (κ2) is 5.61. The summed E-state index contributed by atoms with van der Waals surface area (Å²) in [5.41, 5.74) is 2.60. The van der Waals surface area contributed by atoms with Gasteiger partial charge in [-0.2, -0.15) is 0 Å². The van der Waals surface area contributed by atoms with Crippen LogP contribution in [0.3, 0.4) is 0 Å². The van der Waals surface area contributed by atoms with Gasteiger partial charge in [-0.15, -0.1) is 0 Å². The zero-order chi connectivity index (χ0) is 13.8. The number of hydrogen-bond donors (Lipinski definition) is 1. The molecule has 4 heteroatoms. The second-order valence-corrected chi connectivity index (χ2v) is 4.45. The van der Waals surface area contributed by atoms with Crippen molar-refractivity contribution in [2.24, 2.45) is 0 Å². The minimum Gasteiger partial charge on any atom is -0.496 e. The lowest BCUT2D eigenvalue weighted by molar-refractivity contribution is 0.0939. The Morgan fingerprint density at radius 2 is 2.16 bits per heavy atom. The molecule has 2 rings (SSSR count). The number of methoxy groups -OCH3 is 1. The van der Waals surface area contributed by atoms with Crippen molar-refractivity contribution < 1.29 is 13.9 Å². The maximum absolute atomic E-state index is 12.0. The molecular weight excluding hydrogens is 242 g/mol. The van der Waals surface area contributed by atoms with Crippen molar-refractivity contribution >= 4 is 5.91 Å². The Hall–Kier alpha value is -2.23. The van der Waals surface area contributed by atoms with E-state index in [1.807, 2.05) is 32.0 Å². The third-order valence-electron chi connectivity index (χ3n) is 2.98. The van der Waals surface area contributed by atoms with Gasteiger partial charge in [0.15, 0.2) is 0 Å². The lowest BCUT2D eigenvalue weighted by atomic mass is 10.0. The summed E-state index contributed by atoms with van der Waals surface area (Å²) in [6, 6.07) is 7.39. The molecule has 1 amide bonds. The zero-order valence-corrected chi connectivity index (χ0v) is 11.3. The summed E-state index contributed by atoms with van der Waals surface area (Å²) in [6.45, 7) is 3.93. The fourth-order valence-electron chi connectivity index (χ4n) is 1.94. The van der Waals surface area contributed by atoms with Gasteiger partial charge in [-0.05, 0) is 26.0 Å². The van der Waals surface area contributed by atoms with Gasteiger partial charge in [0.25, 0.3) is 5.91 Å². The topological polar surface area (TPSA) is 51.5 Å². The molecule has 0 aliphatic heterocycles. The smallest absolute Gasteiger partial charge is 0.255 e. The van der Waals surface area contributed by atoms with Crippen molar-refractivity contribution in [3.63, 3.8) is 0 Å². The molecule has 1 atom stereocenters. The Morgan fingerprint density at radius 1 is 1.37 bits per heavy atom. The first-order valence-electron chi connectivity index (χ1n) is 6.09. The molecule has 0 saturated heterocycles. The molecule has 19 heavy (non-hydrogen) atoms. The number of hydrogen-bond acceptors (Lipinski definition) is 3. The van der Waals surface area contributed by atoms with Gasteiger partial charge in [0.1, 0.15) is 12.0 Å². The van der Waals surface area contributed by atoms with Crippen molar-refractivity contribution in [2.45, 2.75) is 19.9 Å². The van der Waals surface area contributed by atoms with Gasteiger partial charge in [-0.1, -0.05) is 17.7 Å². The highest BCUT2D eigenvalue weighted by Gasteiger charge is 2.15. The van der Waals surface area contributed by atoms with Crippen LogP contribution in [-0.4, -0.2) is 13.0 Å². The standard InChI is InChI=1S/C15H17NO3/c1-10-4-5-14(18-3)13(8-10)11(2)16-15(17)12-6-7-19-9-12/h4-9,11H,1-3H3,(H,16,17)/t11-/m1/s1. The molecule has 4 nitrogen and oxygen atoms in total. The Kier molecular flexibility index (Phi) is 3.90. The van der Waals surface area contributed by atoms with E-state index in [2.05, 4.69) is 5.32 Å². The molecular formula is C15H17NO3. The van der Waals surface area contributed by atoms with Gasteiger partial charge in [-0.3, -0.25) is 4.79 Å². The maximum Gasteiger partial charge on any atom is 0.255 e. The van der Waals surface area contributed by atoms with Crippen molar-refractivity contribution in [1.29, 1.82) is 0 Å². The monoisotopic (exact) mass is 259 g/mol. The van der Waals surface area contributed by atoms with Gasteiger partial charge in [0.05, 0.1) is 25.0 Å². The van der Waals surface area contributed by atoms with Crippen LogP contribution in [0.15, 0.2) is 41.2 Å². The van der Waals surface area contributed by atoms with Crippen LogP contribution in [0.1, 0.15) is 34.5 Å². The van der Waals surface area contributed by atoms with Gasteiger partial charge in [-0.25, -0.2) is 0 Å². The minimum atomic E-state index is -0.162. The van der Waals surface area contributed by atoms with E-state index in [0.29, 0.717) is 5.56 Å². The number of carbonyl (C=O) groups excluding carboxylic acids is 1. The number of benzene rings is 1. The molecule has 0 saturated carbocycles. The number of carbonyl (C=O) groups is 1. The molecule has 0 spiro atoms. The predicted molar refractivity (Wildman–Crippen MR) is 72.3 cm³/mol. The van der Waals surface area contributed by atoms with E-state index in [-0.39, 0.29) is 11.9 Å². The highest BCUT2D eigenvalue weighted by atomic mass is 16.5. The van der Waals surface area contributed by atoms with Gasteiger partial charge in [0, 0.05) is 5.56 Å². The molecule has 1 aromatic carbocycles. The minimum absolute atomic E-state index is 0.141. The summed E-state index contributed by atoms with van der Waals surface area (Å²) in [7, 11) is 1.62. The summed E-state index contributed by atoms with van der Waals surface area (Å²) in [4.78, 5) is 12.0. The molecule has 100 valence electrons. The fourth-order valence-corrected chi connectivity index (χ4v) is 1.94. The van der Waals surface area contributed by atoms with Crippen molar-refractivity contribution in [2.75, 3.05) is 7.11 Å². The van der Waals surface area contributed by atoms with Crippen molar-refractivity contribution in [3.8, 4) is 5.75 Å². The van der Waals surface area contributed by atoms with E-state index in [9.17, 15) is 4.79 Å². The van der Waals surface area contributed by atoms with E-state index in [4.69, 9.17) is 9.15 Å². The Morgan fingerprint density at radius 3 is 2.79 bits per heavy atom.